The molecule has 0 spiro atoms. The van der Waals surface area contributed by atoms with Crippen molar-refractivity contribution >= 4 is 28.3 Å². The fraction of sp³-hybridized carbons (Fsp3) is 0.429. The minimum atomic E-state index is -0.0646. The van der Waals surface area contributed by atoms with Gasteiger partial charge in [-0.15, -0.1) is 11.3 Å². The number of carbonyl (C=O) groups is 1. The van der Waals surface area contributed by atoms with E-state index in [1.165, 1.54) is 4.88 Å². The van der Waals surface area contributed by atoms with Gasteiger partial charge in [-0.2, -0.15) is 10.4 Å². The minimum Gasteiger partial charge on any atom is -0.338 e. The van der Waals surface area contributed by atoms with Crippen LogP contribution in [0.5, 0.6) is 0 Å². The molecular formula is C21H26N6OS. The Morgan fingerprint density at radius 2 is 2.14 bits per heavy atom. The molecule has 0 saturated carbocycles. The molecule has 0 N–H and O–H groups in total. The van der Waals surface area contributed by atoms with E-state index in [0.717, 1.165) is 29.7 Å². The van der Waals surface area contributed by atoms with Gasteiger partial charge in [0, 0.05) is 23.7 Å². The Hall–Kier alpha value is -2.76. The summed E-state index contributed by atoms with van der Waals surface area (Å²) < 4.78 is 1.84. The first kappa shape index (κ1) is 21.0. The van der Waals surface area contributed by atoms with Crippen molar-refractivity contribution in [1.82, 2.24) is 24.6 Å². The SMILES string of the molecule is Cc1cc(C(=O)N(CCC#N)CCCN(C)C)c2cnn(Cc3cccs3)c2n1. The van der Waals surface area contributed by atoms with Crippen molar-refractivity contribution in [3.05, 3.63) is 45.9 Å². The summed E-state index contributed by atoms with van der Waals surface area (Å²) in [7, 11) is 4.03. The van der Waals surface area contributed by atoms with Gasteiger partial charge in [0.15, 0.2) is 5.65 Å². The van der Waals surface area contributed by atoms with Crippen LogP contribution in [0.4, 0.5) is 0 Å². The Morgan fingerprint density at radius 3 is 2.83 bits per heavy atom. The lowest BCUT2D eigenvalue weighted by atomic mass is 10.1. The first-order valence-electron chi connectivity index (χ1n) is 9.66. The summed E-state index contributed by atoms with van der Waals surface area (Å²) >= 11 is 1.67. The molecule has 152 valence electrons. The molecular weight excluding hydrogens is 384 g/mol. The number of pyridine rings is 1. The number of fused-ring (bicyclic) bond motifs is 1. The molecule has 0 aromatic carbocycles. The lowest BCUT2D eigenvalue weighted by Gasteiger charge is -2.23. The van der Waals surface area contributed by atoms with Gasteiger partial charge in [0.2, 0.25) is 0 Å². The van der Waals surface area contributed by atoms with Gasteiger partial charge < -0.3 is 9.80 Å². The maximum absolute atomic E-state index is 13.4. The molecule has 0 aliphatic carbocycles. The molecule has 0 atom stereocenters. The average molecular weight is 411 g/mol. The first-order valence-corrected chi connectivity index (χ1v) is 10.5. The number of nitrogens with zero attached hydrogens (tertiary/aromatic N) is 6. The van der Waals surface area contributed by atoms with Crippen molar-refractivity contribution in [2.75, 3.05) is 33.7 Å². The molecule has 0 unspecified atom stereocenters. The van der Waals surface area contributed by atoms with Crippen molar-refractivity contribution in [3.63, 3.8) is 0 Å². The minimum absolute atomic E-state index is 0.0646. The number of aromatic nitrogens is 3. The van der Waals surface area contributed by atoms with E-state index in [0.29, 0.717) is 31.6 Å². The van der Waals surface area contributed by atoms with Crippen LogP contribution in [-0.2, 0) is 6.54 Å². The molecule has 0 radical (unpaired) electrons. The lowest BCUT2D eigenvalue weighted by Crippen LogP contribution is -2.34. The Morgan fingerprint density at radius 1 is 1.31 bits per heavy atom. The number of hydrogen-bond donors (Lipinski definition) is 0. The van der Waals surface area contributed by atoms with Gasteiger partial charge in [-0.1, -0.05) is 6.07 Å². The highest BCUT2D eigenvalue weighted by Gasteiger charge is 2.21. The van der Waals surface area contributed by atoms with Gasteiger partial charge in [-0.3, -0.25) is 4.79 Å². The summed E-state index contributed by atoms with van der Waals surface area (Å²) in [4.78, 5) is 23.1. The number of carbonyl (C=O) groups excluding carboxylic acids is 1. The third-order valence-electron chi connectivity index (χ3n) is 4.67. The summed E-state index contributed by atoms with van der Waals surface area (Å²) in [6.07, 6.45) is 2.90. The Labute approximate surface area is 175 Å². The van der Waals surface area contributed by atoms with Crippen LogP contribution in [0, 0.1) is 18.3 Å². The van der Waals surface area contributed by atoms with E-state index in [4.69, 9.17) is 5.26 Å². The van der Waals surface area contributed by atoms with E-state index in [-0.39, 0.29) is 5.91 Å². The van der Waals surface area contributed by atoms with Gasteiger partial charge in [-0.25, -0.2) is 9.67 Å². The molecule has 0 saturated heterocycles. The molecule has 0 aliphatic heterocycles. The standard InChI is InChI=1S/C21H26N6OS/c1-16-13-18(21(28)26(10-5-8-22)11-6-9-25(2)3)19-14-23-27(20(19)24-16)15-17-7-4-12-29-17/h4,7,12-14H,5-6,9-11,15H2,1-3H3. The summed E-state index contributed by atoms with van der Waals surface area (Å²) in [5, 5.41) is 16.3. The molecule has 3 aromatic rings. The zero-order valence-corrected chi connectivity index (χ0v) is 17.9. The molecule has 0 fully saturated rings. The molecule has 0 bridgehead atoms. The van der Waals surface area contributed by atoms with Crippen LogP contribution in [0.15, 0.2) is 29.8 Å². The van der Waals surface area contributed by atoms with Crippen molar-refractivity contribution in [1.29, 1.82) is 5.26 Å². The molecule has 3 rings (SSSR count). The second-order valence-electron chi connectivity index (χ2n) is 7.29. The van der Waals surface area contributed by atoms with Crippen LogP contribution in [-0.4, -0.2) is 64.2 Å². The van der Waals surface area contributed by atoms with E-state index >= 15 is 0 Å². The van der Waals surface area contributed by atoms with Crippen LogP contribution in [0.1, 0.15) is 33.8 Å². The second-order valence-corrected chi connectivity index (χ2v) is 8.32. The van der Waals surface area contributed by atoms with Crippen LogP contribution >= 0.6 is 11.3 Å². The summed E-state index contributed by atoms with van der Waals surface area (Å²) in [6, 6.07) is 8.05. The van der Waals surface area contributed by atoms with E-state index < -0.39 is 0 Å². The topological polar surface area (TPSA) is 78.0 Å². The number of amides is 1. The summed E-state index contributed by atoms with van der Waals surface area (Å²) in [5.41, 5.74) is 2.10. The molecule has 3 heterocycles. The molecule has 29 heavy (non-hydrogen) atoms. The number of nitriles is 1. The van der Waals surface area contributed by atoms with E-state index in [1.54, 1.807) is 22.4 Å². The monoisotopic (exact) mass is 410 g/mol. The van der Waals surface area contributed by atoms with Crippen molar-refractivity contribution in [2.24, 2.45) is 0 Å². The molecule has 1 amide bonds. The molecule has 7 nitrogen and oxygen atoms in total. The Bertz CT molecular complexity index is 1000. The summed E-state index contributed by atoms with van der Waals surface area (Å²) in [6.45, 7) is 4.45. The van der Waals surface area contributed by atoms with E-state index in [9.17, 15) is 4.79 Å². The fourth-order valence-electron chi connectivity index (χ4n) is 3.26. The largest absolute Gasteiger partial charge is 0.338 e. The maximum atomic E-state index is 13.4. The summed E-state index contributed by atoms with van der Waals surface area (Å²) in [5.74, 6) is -0.0646. The van der Waals surface area contributed by atoms with Crippen LogP contribution in [0.3, 0.4) is 0 Å². The van der Waals surface area contributed by atoms with Crippen molar-refractivity contribution < 1.29 is 4.79 Å². The molecule has 0 aliphatic rings. The third kappa shape index (κ3) is 5.19. The van der Waals surface area contributed by atoms with E-state index in [1.807, 2.05) is 43.2 Å². The highest BCUT2D eigenvalue weighted by molar-refractivity contribution is 7.09. The number of thiophene rings is 1. The normalized spacial score (nSPS) is 11.1. The number of rotatable bonds is 9. The van der Waals surface area contributed by atoms with E-state index in [2.05, 4.69) is 27.1 Å². The molecule has 8 heteroatoms. The smallest absolute Gasteiger partial charge is 0.254 e. The van der Waals surface area contributed by atoms with Crippen molar-refractivity contribution in [3.8, 4) is 6.07 Å². The van der Waals surface area contributed by atoms with Gasteiger partial charge in [0.25, 0.3) is 5.91 Å². The van der Waals surface area contributed by atoms with Crippen LogP contribution in [0.2, 0.25) is 0 Å². The zero-order valence-electron chi connectivity index (χ0n) is 17.1. The average Bonchev–Trinajstić information content (AvgIpc) is 3.34. The van der Waals surface area contributed by atoms with Gasteiger partial charge >= 0.3 is 0 Å². The van der Waals surface area contributed by atoms with Gasteiger partial charge in [-0.05, 0) is 51.5 Å². The van der Waals surface area contributed by atoms with Crippen molar-refractivity contribution in [2.45, 2.75) is 26.3 Å². The number of aryl methyl sites for hydroxylation is 1. The van der Waals surface area contributed by atoms with Gasteiger partial charge in [0.1, 0.15) is 0 Å². The highest BCUT2D eigenvalue weighted by Crippen LogP contribution is 2.22. The van der Waals surface area contributed by atoms with Crippen LogP contribution < -0.4 is 0 Å². The Balaban J connectivity index is 1.90. The maximum Gasteiger partial charge on any atom is 0.254 e. The predicted molar refractivity (Wildman–Crippen MR) is 115 cm³/mol. The second kappa shape index (κ2) is 9.63. The predicted octanol–water partition coefficient (Wildman–Crippen LogP) is 3.16. The third-order valence-corrected chi connectivity index (χ3v) is 5.53. The van der Waals surface area contributed by atoms with Crippen LogP contribution in [0.25, 0.3) is 11.0 Å². The molecule has 3 aromatic heterocycles. The highest BCUT2D eigenvalue weighted by atomic mass is 32.1. The Kier molecular flexibility index (Phi) is 6.96. The number of hydrogen-bond acceptors (Lipinski definition) is 6. The lowest BCUT2D eigenvalue weighted by molar-refractivity contribution is 0.0755. The first-order chi connectivity index (χ1) is 14.0. The fourth-order valence-corrected chi connectivity index (χ4v) is 3.95. The van der Waals surface area contributed by atoms with Gasteiger partial charge in [0.05, 0.1) is 36.2 Å². The zero-order chi connectivity index (χ0) is 20.8. The quantitative estimate of drug-likeness (QED) is 0.541.